The highest BCUT2D eigenvalue weighted by atomic mass is 31.2. The van der Waals surface area contributed by atoms with Crippen LogP contribution in [0.15, 0.2) is 0 Å². The van der Waals surface area contributed by atoms with Crippen molar-refractivity contribution >= 4 is 7.60 Å². The highest BCUT2D eigenvalue weighted by molar-refractivity contribution is 7.53. The fourth-order valence-corrected chi connectivity index (χ4v) is 1.31. The second-order valence-electron chi connectivity index (χ2n) is 4.35. The number of rotatable bonds is 1. The van der Waals surface area contributed by atoms with Gasteiger partial charge in [0.05, 0.1) is 5.16 Å². The predicted octanol–water partition coefficient (Wildman–Crippen LogP) is 1.99. The van der Waals surface area contributed by atoms with E-state index in [1.165, 1.54) is 0 Å². The van der Waals surface area contributed by atoms with Crippen molar-refractivity contribution in [3.05, 3.63) is 0 Å². The van der Waals surface area contributed by atoms with Crippen molar-refractivity contribution < 1.29 is 14.4 Å². The van der Waals surface area contributed by atoms with E-state index in [0.29, 0.717) is 0 Å². The first-order valence-electron chi connectivity index (χ1n) is 3.56. The van der Waals surface area contributed by atoms with Crippen LogP contribution in [-0.4, -0.2) is 14.9 Å². The van der Waals surface area contributed by atoms with Crippen LogP contribution in [0.25, 0.3) is 0 Å². The Morgan fingerprint density at radius 3 is 1.27 bits per heavy atom. The summed E-state index contributed by atoms with van der Waals surface area (Å²) < 4.78 is 11.0. The first-order valence-corrected chi connectivity index (χ1v) is 5.17. The van der Waals surface area contributed by atoms with Crippen LogP contribution < -0.4 is 0 Å². The molecule has 0 aliphatic carbocycles. The summed E-state index contributed by atoms with van der Waals surface area (Å²) in [5.74, 6) is 0. The van der Waals surface area contributed by atoms with E-state index in [1.807, 2.05) is 20.8 Å². The molecule has 3 nitrogen and oxygen atoms in total. The third-order valence-corrected chi connectivity index (χ3v) is 4.69. The molecule has 68 valence electrons. The van der Waals surface area contributed by atoms with Gasteiger partial charge in [0.1, 0.15) is 0 Å². The first kappa shape index (κ1) is 11.2. The summed E-state index contributed by atoms with van der Waals surface area (Å²) in [7, 11) is -3.99. The number of hydrogen-bond acceptors (Lipinski definition) is 1. The van der Waals surface area contributed by atoms with Gasteiger partial charge in [0.15, 0.2) is 0 Å². The summed E-state index contributed by atoms with van der Waals surface area (Å²) in [6.45, 7) is 8.66. The Morgan fingerprint density at radius 2 is 1.27 bits per heavy atom. The molecule has 0 unspecified atom stereocenters. The maximum Gasteiger partial charge on any atom is 0.331 e. The van der Waals surface area contributed by atoms with E-state index in [-0.39, 0.29) is 5.41 Å². The highest BCUT2D eigenvalue weighted by Gasteiger charge is 2.46. The molecule has 0 bridgehead atoms. The second kappa shape index (κ2) is 2.58. The average Bonchev–Trinajstić information content (AvgIpc) is 1.58. The van der Waals surface area contributed by atoms with E-state index in [2.05, 4.69) is 0 Å². The van der Waals surface area contributed by atoms with Crippen molar-refractivity contribution in [2.24, 2.45) is 5.41 Å². The van der Waals surface area contributed by atoms with Gasteiger partial charge in [0, 0.05) is 0 Å². The summed E-state index contributed by atoms with van der Waals surface area (Å²) in [4.78, 5) is 18.0. The second-order valence-corrected chi connectivity index (χ2v) is 6.56. The van der Waals surface area contributed by atoms with Crippen molar-refractivity contribution in [1.29, 1.82) is 0 Å². The lowest BCUT2D eigenvalue weighted by Crippen LogP contribution is -2.36. The quantitative estimate of drug-likeness (QED) is 0.606. The Hall–Kier alpha value is 0.150. The van der Waals surface area contributed by atoms with Crippen LogP contribution in [0.5, 0.6) is 0 Å². The van der Waals surface area contributed by atoms with Crippen LogP contribution in [0.1, 0.15) is 34.6 Å². The van der Waals surface area contributed by atoms with Crippen LogP contribution in [-0.2, 0) is 4.57 Å². The minimum Gasteiger partial charge on any atom is -0.324 e. The van der Waals surface area contributed by atoms with Crippen molar-refractivity contribution in [3.63, 3.8) is 0 Å². The molecule has 0 aromatic rings. The molecular formula is C7H17O3P. The topological polar surface area (TPSA) is 57.5 Å². The van der Waals surface area contributed by atoms with Crippen molar-refractivity contribution in [3.8, 4) is 0 Å². The molecule has 0 spiro atoms. The Morgan fingerprint density at radius 1 is 1.00 bits per heavy atom. The molecule has 0 aliphatic heterocycles. The molecule has 0 aromatic carbocycles. The smallest absolute Gasteiger partial charge is 0.324 e. The van der Waals surface area contributed by atoms with E-state index in [1.54, 1.807) is 13.8 Å². The first-order chi connectivity index (χ1) is 4.50. The summed E-state index contributed by atoms with van der Waals surface area (Å²) >= 11 is 0. The summed E-state index contributed by atoms with van der Waals surface area (Å²) in [5.41, 5.74) is -0.383. The van der Waals surface area contributed by atoms with Gasteiger partial charge in [-0.2, -0.15) is 0 Å². The third kappa shape index (κ3) is 2.05. The van der Waals surface area contributed by atoms with Crippen molar-refractivity contribution in [2.75, 3.05) is 0 Å². The van der Waals surface area contributed by atoms with Crippen LogP contribution in [0.3, 0.4) is 0 Å². The van der Waals surface area contributed by atoms with Gasteiger partial charge < -0.3 is 9.79 Å². The lowest BCUT2D eigenvalue weighted by atomic mass is 9.82. The van der Waals surface area contributed by atoms with Crippen LogP contribution >= 0.6 is 7.60 Å². The minimum atomic E-state index is -3.99. The molecule has 0 atom stereocenters. The zero-order valence-corrected chi connectivity index (χ0v) is 8.64. The van der Waals surface area contributed by atoms with Crippen LogP contribution in [0.2, 0.25) is 0 Å². The highest BCUT2D eigenvalue weighted by Crippen LogP contribution is 2.58. The molecular weight excluding hydrogens is 163 g/mol. The minimum absolute atomic E-state index is 0.383. The molecule has 0 fully saturated rings. The summed E-state index contributed by atoms with van der Waals surface area (Å²) in [6, 6.07) is 0. The van der Waals surface area contributed by atoms with Gasteiger partial charge in [-0.05, 0) is 19.3 Å². The van der Waals surface area contributed by atoms with Gasteiger partial charge in [-0.25, -0.2) is 0 Å². The standard InChI is InChI=1S/C7H17O3P/c1-6(2,3)7(4,5)11(8,9)10/h1-5H3,(H2,8,9,10). The molecule has 4 heteroatoms. The molecule has 0 heterocycles. The van der Waals surface area contributed by atoms with Gasteiger partial charge in [-0.15, -0.1) is 0 Å². The van der Waals surface area contributed by atoms with E-state index >= 15 is 0 Å². The zero-order valence-electron chi connectivity index (χ0n) is 7.75. The Kier molecular flexibility index (Phi) is 2.61. The zero-order chi connectivity index (χ0) is 9.50. The van der Waals surface area contributed by atoms with E-state index < -0.39 is 12.8 Å². The van der Waals surface area contributed by atoms with E-state index in [4.69, 9.17) is 9.79 Å². The molecule has 0 saturated carbocycles. The maximum atomic E-state index is 11.0. The lowest BCUT2D eigenvalue weighted by Gasteiger charge is -2.38. The SMILES string of the molecule is CC(C)(C)C(C)(C)P(=O)(O)O. The van der Waals surface area contributed by atoms with Gasteiger partial charge >= 0.3 is 7.60 Å². The molecule has 0 amide bonds. The predicted molar refractivity (Wildman–Crippen MR) is 45.6 cm³/mol. The third-order valence-electron chi connectivity index (χ3n) is 2.56. The largest absolute Gasteiger partial charge is 0.331 e. The normalized spacial score (nSPS) is 15.2. The molecule has 0 aliphatic rings. The fourth-order valence-electron chi connectivity index (χ4n) is 0.437. The molecule has 0 aromatic heterocycles. The lowest BCUT2D eigenvalue weighted by molar-refractivity contribution is 0.239. The summed E-state index contributed by atoms with van der Waals surface area (Å²) in [6.07, 6.45) is 0. The van der Waals surface area contributed by atoms with E-state index in [0.717, 1.165) is 0 Å². The molecule has 0 radical (unpaired) electrons. The fraction of sp³-hybridized carbons (Fsp3) is 1.00. The van der Waals surface area contributed by atoms with Gasteiger partial charge in [0.25, 0.3) is 0 Å². The maximum absolute atomic E-state index is 11.0. The Balaban J connectivity index is 4.91. The molecule has 0 saturated heterocycles. The Labute approximate surface area is 68.0 Å². The van der Waals surface area contributed by atoms with Gasteiger partial charge in [-0.1, -0.05) is 20.8 Å². The molecule has 11 heavy (non-hydrogen) atoms. The molecule has 2 N–H and O–H groups in total. The average molecular weight is 180 g/mol. The number of hydrogen-bond donors (Lipinski definition) is 2. The van der Waals surface area contributed by atoms with Crippen molar-refractivity contribution in [1.82, 2.24) is 0 Å². The van der Waals surface area contributed by atoms with Gasteiger partial charge in [0.2, 0.25) is 0 Å². The van der Waals surface area contributed by atoms with Crippen LogP contribution in [0.4, 0.5) is 0 Å². The van der Waals surface area contributed by atoms with Gasteiger partial charge in [-0.3, -0.25) is 4.57 Å². The Bertz CT molecular complexity index is 184. The van der Waals surface area contributed by atoms with E-state index in [9.17, 15) is 4.57 Å². The van der Waals surface area contributed by atoms with Crippen molar-refractivity contribution in [2.45, 2.75) is 39.8 Å². The van der Waals surface area contributed by atoms with Crippen LogP contribution in [0, 0.1) is 5.41 Å². The monoisotopic (exact) mass is 180 g/mol. The summed E-state index contributed by atoms with van der Waals surface area (Å²) in [5, 5.41) is -0.958. The molecule has 0 rings (SSSR count).